The van der Waals surface area contributed by atoms with Gasteiger partial charge in [0.2, 0.25) is 0 Å². The van der Waals surface area contributed by atoms with Crippen molar-refractivity contribution in [3.8, 4) is 22.6 Å². The molecule has 2 aromatic carbocycles. The molecule has 2 aromatic heterocycles. The lowest BCUT2D eigenvalue weighted by atomic mass is 10.2. The van der Waals surface area contributed by atoms with E-state index in [4.69, 9.17) is 11.6 Å². The summed E-state index contributed by atoms with van der Waals surface area (Å²) in [6, 6.07) is 13.7. The number of hydrogen-bond donors (Lipinski definition) is 2. The van der Waals surface area contributed by atoms with Crippen molar-refractivity contribution in [2.75, 3.05) is 0 Å². The molecule has 0 bridgehead atoms. The third-order valence-corrected chi connectivity index (χ3v) is 3.68. The Morgan fingerprint density at radius 2 is 1.71 bits per heavy atom. The molecule has 0 aliphatic carbocycles. The molecule has 0 amide bonds. The second-order valence-electron chi connectivity index (χ2n) is 4.79. The maximum absolute atomic E-state index is 5.91. The van der Waals surface area contributed by atoms with Gasteiger partial charge in [0.05, 0.1) is 29.3 Å². The highest BCUT2D eigenvalue weighted by molar-refractivity contribution is 6.30. The minimum Gasteiger partial charge on any atom is -0.345 e. The first kappa shape index (κ1) is 12.2. The van der Waals surface area contributed by atoms with E-state index < -0.39 is 0 Å². The van der Waals surface area contributed by atoms with Gasteiger partial charge in [-0.3, -0.25) is 0 Å². The molecular weight excluding hydrogens is 284 g/mol. The van der Waals surface area contributed by atoms with Crippen LogP contribution in [0.4, 0.5) is 0 Å². The number of aromatic nitrogens is 4. The first-order valence-corrected chi connectivity index (χ1v) is 6.92. The molecule has 2 heterocycles. The number of halogens is 1. The Balaban J connectivity index is 1.74. The third-order valence-electron chi connectivity index (χ3n) is 3.42. The van der Waals surface area contributed by atoms with Gasteiger partial charge >= 0.3 is 0 Å². The summed E-state index contributed by atoms with van der Waals surface area (Å²) in [6.45, 7) is 0. The van der Waals surface area contributed by atoms with Crippen LogP contribution in [0.1, 0.15) is 0 Å². The van der Waals surface area contributed by atoms with Crippen molar-refractivity contribution in [3.63, 3.8) is 0 Å². The van der Waals surface area contributed by atoms with Crippen LogP contribution in [-0.2, 0) is 0 Å². The number of imidazole rings is 2. The van der Waals surface area contributed by atoms with Crippen molar-refractivity contribution in [1.29, 1.82) is 0 Å². The van der Waals surface area contributed by atoms with Crippen LogP contribution < -0.4 is 0 Å². The highest BCUT2D eigenvalue weighted by atomic mass is 35.5. The summed E-state index contributed by atoms with van der Waals surface area (Å²) in [5.74, 6) is 0.830. The van der Waals surface area contributed by atoms with Gasteiger partial charge in [-0.1, -0.05) is 23.7 Å². The van der Waals surface area contributed by atoms with Crippen LogP contribution >= 0.6 is 11.6 Å². The van der Waals surface area contributed by atoms with Crippen LogP contribution in [0.5, 0.6) is 0 Å². The molecule has 0 unspecified atom stereocenters. The zero-order chi connectivity index (χ0) is 14.2. The van der Waals surface area contributed by atoms with E-state index in [1.807, 2.05) is 48.7 Å². The van der Waals surface area contributed by atoms with Crippen LogP contribution in [0.15, 0.2) is 55.0 Å². The summed E-state index contributed by atoms with van der Waals surface area (Å²) < 4.78 is 0. The third kappa shape index (κ3) is 2.19. The van der Waals surface area contributed by atoms with E-state index in [9.17, 15) is 0 Å². The second kappa shape index (κ2) is 4.75. The number of benzene rings is 2. The molecule has 21 heavy (non-hydrogen) atoms. The largest absolute Gasteiger partial charge is 0.345 e. The topological polar surface area (TPSA) is 57.4 Å². The van der Waals surface area contributed by atoms with E-state index in [1.54, 1.807) is 6.33 Å². The molecule has 4 aromatic rings. The Bertz CT molecular complexity index is 905. The average molecular weight is 295 g/mol. The zero-order valence-electron chi connectivity index (χ0n) is 11.0. The number of hydrogen-bond acceptors (Lipinski definition) is 2. The molecule has 2 N–H and O–H groups in total. The first-order valence-electron chi connectivity index (χ1n) is 6.54. The molecule has 4 nitrogen and oxygen atoms in total. The van der Waals surface area contributed by atoms with Gasteiger partial charge in [0.1, 0.15) is 5.82 Å². The van der Waals surface area contributed by atoms with Crippen molar-refractivity contribution in [1.82, 2.24) is 19.9 Å². The molecule has 0 fully saturated rings. The van der Waals surface area contributed by atoms with Crippen LogP contribution in [0.3, 0.4) is 0 Å². The van der Waals surface area contributed by atoms with Crippen molar-refractivity contribution < 1.29 is 0 Å². The van der Waals surface area contributed by atoms with E-state index in [2.05, 4.69) is 19.9 Å². The van der Waals surface area contributed by atoms with Crippen molar-refractivity contribution in [2.45, 2.75) is 0 Å². The smallest absolute Gasteiger partial charge is 0.137 e. The van der Waals surface area contributed by atoms with E-state index in [0.29, 0.717) is 0 Å². The molecule has 0 spiro atoms. The minimum atomic E-state index is 0.725. The zero-order valence-corrected chi connectivity index (χ0v) is 11.7. The predicted molar refractivity (Wildman–Crippen MR) is 84.1 cm³/mol. The first-order chi connectivity index (χ1) is 10.3. The van der Waals surface area contributed by atoms with Gasteiger partial charge < -0.3 is 9.97 Å². The number of nitrogens with zero attached hydrogens (tertiary/aromatic N) is 2. The summed E-state index contributed by atoms with van der Waals surface area (Å²) in [5, 5.41) is 0.725. The van der Waals surface area contributed by atoms with Gasteiger partial charge in [-0.25, -0.2) is 9.97 Å². The van der Waals surface area contributed by atoms with E-state index in [0.717, 1.165) is 38.7 Å². The van der Waals surface area contributed by atoms with Gasteiger partial charge in [0, 0.05) is 10.6 Å². The molecule has 5 heteroatoms. The standard InChI is InChI=1S/C16H11ClN4/c17-12-4-1-10(2-5-12)15-8-18-16(21-15)11-3-6-13-14(7-11)20-9-19-13/h1-9H,(H,18,21)(H,19,20). The van der Waals surface area contributed by atoms with Gasteiger partial charge in [-0.15, -0.1) is 0 Å². The summed E-state index contributed by atoms with van der Waals surface area (Å²) in [5.41, 5.74) is 4.99. The second-order valence-corrected chi connectivity index (χ2v) is 5.22. The Hall–Kier alpha value is -2.59. The van der Waals surface area contributed by atoms with E-state index in [-0.39, 0.29) is 0 Å². The fourth-order valence-electron chi connectivity index (χ4n) is 2.33. The van der Waals surface area contributed by atoms with Crippen LogP contribution in [0.2, 0.25) is 5.02 Å². The molecule has 0 radical (unpaired) electrons. The maximum Gasteiger partial charge on any atom is 0.137 e. The normalized spacial score (nSPS) is 11.1. The molecule has 4 rings (SSSR count). The van der Waals surface area contributed by atoms with Crippen LogP contribution in [0.25, 0.3) is 33.7 Å². The highest BCUT2D eigenvalue weighted by Crippen LogP contribution is 2.25. The Morgan fingerprint density at radius 3 is 2.57 bits per heavy atom. The summed E-state index contributed by atoms with van der Waals surface area (Å²) >= 11 is 5.91. The van der Waals surface area contributed by atoms with Crippen molar-refractivity contribution >= 4 is 22.6 Å². The number of fused-ring (bicyclic) bond motifs is 1. The highest BCUT2D eigenvalue weighted by Gasteiger charge is 2.07. The van der Waals surface area contributed by atoms with Crippen molar-refractivity contribution in [3.05, 3.63) is 60.0 Å². The van der Waals surface area contributed by atoms with Gasteiger partial charge in [0.25, 0.3) is 0 Å². The average Bonchev–Trinajstić information content (AvgIpc) is 3.16. The fourth-order valence-corrected chi connectivity index (χ4v) is 2.45. The summed E-state index contributed by atoms with van der Waals surface area (Å²) in [4.78, 5) is 15.1. The number of rotatable bonds is 2. The van der Waals surface area contributed by atoms with Crippen LogP contribution in [0, 0.1) is 0 Å². The lowest BCUT2D eigenvalue weighted by Gasteiger charge is -1.99. The molecule has 0 atom stereocenters. The molecule has 0 aliphatic rings. The predicted octanol–water partition coefficient (Wildman–Crippen LogP) is 4.27. The van der Waals surface area contributed by atoms with E-state index in [1.165, 1.54) is 0 Å². The van der Waals surface area contributed by atoms with Crippen molar-refractivity contribution in [2.24, 2.45) is 0 Å². The Kier molecular flexibility index (Phi) is 2.75. The summed E-state index contributed by atoms with van der Waals surface area (Å²) in [6.07, 6.45) is 3.52. The SMILES string of the molecule is Clc1ccc(-c2cnc(-c3ccc4nc[nH]c4c3)[nH]2)cc1. The summed E-state index contributed by atoms with van der Waals surface area (Å²) in [7, 11) is 0. The number of aromatic amines is 2. The fraction of sp³-hybridized carbons (Fsp3) is 0. The molecular formula is C16H11ClN4. The molecule has 0 saturated carbocycles. The Labute approximate surface area is 125 Å². The number of H-pyrrole nitrogens is 2. The van der Waals surface area contributed by atoms with Gasteiger partial charge in [-0.05, 0) is 35.9 Å². The van der Waals surface area contributed by atoms with Crippen LogP contribution in [-0.4, -0.2) is 19.9 Å². The Morgan fingerprint density at radius 1 is 0.905 bits per heavy atom. The maximum atomic E-state index is 5.91. The minimum absolute atomic E-state index is 0.725. The molecule has 102 valence electrons. The molecule has 0 aliphatic heterocycles. The monoisotopic (exact) mass is 294 g/mol. The lowest BCUT2D eigenvalue weighted by Crippen LogP contribution is -1.82. The lowest BCUT2D eigenvalue weighted by molar-refractivity contribution is 1.31. The van der Waals surface area contributed by atoms with Gasteiger partial charge in [0.15, 0.2) is 0 Å². The van der Waals surface area contributed by atoms with E-state index >= 15 is 0 Å². The quantitative estimate of drug-likeness (QED) is 0.580. The number of nitrogens with one attached hydrogen (secondary N) is 2. The van der Waals surface area contributed by atoms with Gasteiger partial charge in [-0.2, -0.15) is 0 Å². The molecule has 0 saturated heterocycles.